The summed E-state index contributed by atoms with van der Waals surface area (Å²) in [6.07, 6.45) is 7.29. The zero-order chi connectivity index (χ0) is 11.9. The molecule has 2 N–H and O–H groups in total. The molecule has 0 aromatic carbocycles. The van der Waals surface area contributed by atoms with Crippen LogP contribution < -0.4 is 0 Å². The zero-order valence-corrected chi connectivity index (χ0v) is 10.7. The molecule has 2 heterocycles. The summed E-state index contributed by atoms with van der Waals surface area (Å²) in [7, 11) is 0. The fraction of sp³-hybridized carbons (Fsp3) is 0.462. The Labute approximate surface area is 105 Å². The number of aromatic amines is 1. The first-order chi connectivity index (χ1) is 8.25. The average Bonchev–Trinajstić information content (AvgIpc) is 2.87. The van der Waals surface area contributed by atoms with Crippen molar-refractivity contribution in [3.63, 3.8) is 0 Å². The van der Waals surface area contributed by atoms with Crippen molar-refractivity contribution < 1.29 is 5.11 Å². The lowest BCUT2D eigenvalue weighted by Gasteiger charge is -2.39. The van der Waals surface area contributed by atoms with Crippen molar-refractivity contribution >= 4 is 11.3 Å². The highest BCUT2D eigenvalue weighted by Crippen LogP contribution is 2.47. The van der Waals surface area contributed by atoms with Crippen LogP contribution in [-0.4, -0.2) is 21.7 Å². The van der Waals surface area contributed by atoms with E-state index in [1.165, 1.54) is 11.3 Å². The van der Waals surface area contributed by atoms with E-state index in [-0.39, 0.29) is 12.0 Å². The van der Waals surface area contributed by atoms with Gasteiger partial charge in [0.15, 0.2) is 0 Å². The number of nitrogens with one attached hydrogen (secondary N) is 1. The maximum atomic E-state index is 9.63. The van der Waals surface area contributed by atoms with Crippen LogP contribution in [0.25, 0.3) is 10.6 Å². The zero-order valence-electron chi connectivity index (χ0n) is 9.86. The molecule has 0 bridgehead atoms. The lowest BCUT2D eigenvalue weighted by Crippen LogP contribution is -2.37. The number of aromatic nitrogens is 2. The SMILES string of the molecule is Cc1nc(-c2cc[nH]c2)sc1C1(CO)CCC1. The molecular formula is C13H16N2OS. The molecule has 2 aromatic rings. The van der Waals surface area contributed by atoms with Crippen LogP contribution in [0.15, 0.2) is 18.5 Å². The van der Waals surface area contributed by atoms with Crippen LogP contribution >= 0.6 is 11.3 Å². The van der Waals surface area contributed by atoms with Crippen LogP contribution in [0, 0.1) is 6.92 Å². The second-order valence-corrected chi connectivity index (χ2v) is 5.82. The van der Waals surface area contributed by atoms with Crippen molar-refractivity contribution in [3.8, 4) is 10.6 Å². The Hall–Kier alpha value is -1.13. The summed E-state index contributed by atoms with van der Waals surface area (Å²) in [6, 6.07) is 2.04. The van der Waals surface area contributed by atoms with Crippen molar-refractivity contribution in [2.75, 3.05) is 6.61 Å². The van der Waals surface area contributed by atoms with Crippen molar-refractivity contribution in [2.24, 2.45) is 0 Å². The number of aliphatic hydroxyl groups excluding tert-OH is 1. The Morgan fingerprint density at radius 2 is 2.35 bits per heavy atom. The first-order valence-corrected chi connectivity index (χ1v) is 6.79. The van der Waals surface area contributed by atoms with Gasteiger partial charge in [-0.1, -0.05) is 6.42 Å². The Morgan fingerprint density at radius 1 is 1.53 bits per heavy atom. The second kappa shape index (κ2) is 3.96. The van der Waals surface area contributed by atoms with Crippen LogP contribution in [0.2, 0.25) is 0 Å². The van der Waals surface area contributed by atoms with E-state index in [1.807, 2.05) is 18.5 Å². The number of rotatable bonds is 3. The van der Waals surface area contributed by atoms with Gasteiger partial charge in [-0.15, -0.1) is 11.3 Å². The number of thiazole rings is 1. The third-order valence-corrected chi connectivity index (χ3v) is 5.19. The van der Waals surface area contributed by atoms with Gasteiger partial charge in [0.25, 0.3) is 0 Å². The monoisotopic (exact) mass is 248 g/mol. The number of aryl methyl sites for hydroxylation is 1. The number of aliphatic hydroxyl groups is 1. The lowest BCUT2D eigenvalue weighted by molar-refractivity contribution is 0.122. The van der Waals surface area contributed by atoms with Crippen LogP contribution in [0.5, 0.6) is 0 Å². The topological polar surface area (TPSA) is 48.9 Å². The first kappa shape index (κ1) is 11.0. The van der Waals surface area contributed by atoms with Gasteiger partial charge in [-0.3, -0.25) is 0 Å². The number of hydrogen-bond donors (Lipinski definition) is 2. The normalized spacial score (nSPS) is 18.0. The van der Waals surface area contributed by atoms with E-state index in [1.54, 1.807) is 11.3 Å². The average molecular weight is 248 g/mol. The molecule has 2 aromatic heterocycles. The Balaban J connectivity index is 2.02. The van der Waals surface area contributed by atoms with Gasteiger partial charge in [0.05, 0.1) is 12.3 Å². The van der Waals surface area contributed by atoms with Crippen molar-refractivity contribution in [1.29, 1.82) is 0 Å². The Bertz CT molecular complexity index is 506. The molecule has 0 unspecified atom stereocenters. The predicted molar refractivity (Wildman–Crippen MR) is 69.3 cm³/mol. The van der Waals surface area contributed by atoms with Crippen LogP contribution in [-0.2, 0) is 5.41 Å². The van der Waals surface area contributed by atoms with E-state index in [0.29, 0.717) is 0 Å². The van der Waals surface area contributed by atoms with E-state index in [9.17, 15) is 5.11 Å². The van der Waals surface area contributed by atoms with Crippen molar-refractivity contribution in [3.05, 3.63) is 29.0 Å². The lowest BCUT2D eigenvalue weighted by atomic mass is 9.68. The first-order valence-electron chi connectivity index (χ1n) is 5.97. The van der Waals surface area contributed by atoms with E-state index in [2.05, 4.69) is 16.9 Å². The van der Waals surface area contributed by atoms with Crippen molar-refractivity contribution in [2.45, 2.75) is 31.6 Å². The van der Waals surface area contributed by atoms with E-state index in [4.69, 9.17) is 0 Å². The second-order valence-electron chi connectivity index (χ2n) is 4.83. The highest BCUT2D eigenvalue weighted by atomic mass is 32.1. The molecule has 1 aliphatic rings. The quantitative estimate of drug-likeness (QED) is 0.877. The molecule has 17 heavy (non-hydrogen) atoms. The highest BCUT2D eigenvalue weighted by Gasteiger charge is 2.41. The summed E-state index contributed by atoms with van der Waals surface area (Å²) in [5.74, 6) is 0. The van der Waals surface area contributed by atoms with Gasteiger partial charge < -0.3 is 10.1 Å². The minimum absolute atomic E-state index is 0.0102. The van der Waals surface area contributed by atoms with E-state index in [0.717, 1.165) is 29.1 Å². The minimum Gasteiger partial charge on any atom is -0.395 e. The predicted octanol–water partition coefficient (Wildman–Crippen LogP) is 2.86. The number of nitrogens with zero attached hydrogens (tertiary/aromatic N) is 1. The molecule has 4 heteroatoms. The molecule has 0 atom stereocenters. The molecule has 1 fully saturated rings. The Morgan fingerprint density at radius 3 is 2.88 bits per heavy atom. The third-order valence-electron chi connectivity index (χ3n) is 3.74. The van der Waals surface area contributed by atoms with Gasteiger partial charge >= 0.3 is 0 Å². The number of hydrogen-bond acceptors (Lipinski definition) is 3. The summed E-state index contributed by atoms with van der Waals surface area (Å²) >= 11 is 1.73. The summed E-state index contributed by atoms with van der Waals surface area (Å²) in [6.45, 7) is 2.31. The molecule has 0 spiro atoms. The largest absolute Gasteiger partial charge is 0.395 e. The van der Waals surface area contributed by atoms with Gasteiger partial charge in [0.2, 0.25) is 0 Å². The van der Waals surface area contributed by atoms with Gasteiger partial charge in [-0.2, -0.15) is 0 Å². The molecule has 1 saturated carbocycles. The molecule has 0 radical (unpaired) electrons. The van der Waals surface area contributed by atoms with Crippen molar-refractivity contribution in [1.82, 2.24) is 9.97 Å². The fourth-order valence-corrected chi connectivity index (χ4v) is 3.83. The molecule has 1 aliphatic carbocycles. The molecule has 0 amide bonds. The van der Waals surface area contributed by atoms with Gasteiger partial charge in [0.1, 0.15) is 5.01 Å². The van der Waals surface area contributed by atoms with Gasteiger partial charge in [-0.25, -0.2) is 4.98 Å². The van der Waals surface area contributed by atoms with E-state index < -0.39 is 0 Å². The Kier molecular flexibility index (Phi) is 2.56. The van der Waals surface area contributed by atoms with Crippen LogP contribution in [0.3, 0.4) is 0 Å². The van der Waals surface area contributed by atoms with Crippen LogP contribution in [0.4, 0.5) is 0 Å². The van der Waals surface area contributed by atoms with Crippen LogP contribution in [0.1, 0.15) is 29.8 Å². The summed E-state index contributed by atoms with van der Waals surface area (Å²) in [5.41, 5.74) is 2.23. The molecule has 0 saturated heterocycles. The molecule has 90 valence electrons. The summed E-state index contributed by atoms with van der Waals surface area (Å²) in [5, 5.41) is 10.7. The maximum absolute atomic E-state index is 9.63. The molecule has 3 nitrogen and oxygen atoms in total. The minimum atomic E-state index is 0.0102. The molecular weight excluding hydrogens is 232 g/mol. The summed E-state index contributed by atoms with van der Waals surface area (Å²) < 4.78 is 0. The molecule has 0 aliphatic heterocycles. The maximum Gasteiger partial charge on any atom is 0.125 e. The standard InChI is InChI=1S/C13H16N2OS/c1-9-11(13(8-16)4-2-5-13)17-12(15-9)10-3-6-14-7-10/h3,6-7,14,16H,2,4-5,8H2,1H3. The molecule has 3 rings (SSSR count). The van der Waals surface area contributed by atoms with Gasteiger partial charge in [-0.05, 0) is 25.8 Å². The smallest absolute Gasteiger partial charge is 0.125 e. The number of H-pyrrole nitrogens is 1. The summed E-state index contributed by atoms with van der Waals surface area (Å²) in [4.78, 5) is 8.97. The van der Waals surface area contributed by atoms with E-state index >= 15 is 0 Å². The fourth-order valence-electron chi connectivity index (χ4n) is 2.53. The van der Waals surface area contributed by atoms with Gasteiger partial charge in [0, 0.05) is 28.2 Å². The third kappa shape index (κ3) is 1.63. The highest BCUT2D eigenvalue weighted by molar-refractivity contribution is 7.15.